The highest BCUT2D eigenvalue weighted by atomic mass is 19.1. The minimum Gasteiger partial charge on any atom is -0.491 e. The van der Waals surface area contributed by atoms with Crippen LogP contribution >= 0.6 is 0 Å². The van der Waals surface area contributed by atoms with Crippen molar-refractivity contribution in [3.63, 3.8) is 0 Å². The monoisotopic (exact) mass is 265 g/mol. The van der Waals surface area contributed by atoms with Gasteiger partial charge in [0, 0.05) is 6.54 Å². The van der Waals surface area contributed by atoms with E-state index in [4.69, 9.17) is 4.74 Å². The third kappa shape index (κ3) is 4.83. The van der Waals surface area contributed by atoms with Crippen LogP contribution in [0.3, 0.4) is 0 Å². The number of piperidine rings is 1. The van der Waals surface area contributed by atoms with E-state index >= 15 is 0 Å². The summed E-state index contributed by atoms with van der Waals surface area (Å²) in [6.45, 7) is 6.54. The summed E-state index contributed by atoms with van der Waals surface area (Å²) in [7, 11) is 0. The minimum atomic E-state index is -0.271. The van der Waals surface area contributed by atoms with E-state index in [1.165, 1.54) is 32.0 Å². The number of ether oxygens (including phenoxy) is 1. The van der Waals surface area contributed by atoms with Crippen molar-refractivity contribution in [3.8, 4) is 5.75 Å². The van der Waals surface area contributed by atoms with Gasteiger partial charge in [0.1, 0.15) is 0 Å². The van der Waals surface area contributed by atoms with Gasteiger partial charge in [-0.3, -0.25) is 0 Å². The number of para-hydroxylation sites is 1. The molecular weight excluding hydrogens is 241 g/mol. The molecule has 2 rings (SSSR count). The number of hydrogen-bond acceptors (Lipinski definition) is 2. The van der Waals surface area contributed by atoms with Gasteiger partial charge in [0.2, 0.25) is 0 Å². The Bertz CT molecular complexity index is 383. The first-order valence-corrected chi connectivity index (χ1v) is 7.35. The predicted molar refractivity (Wildman–Crippen MR) is 76.0 cm³/mol. The highest BCUT2D eigenvalue weighted by Gasteiger charge is 2.15. The number of hydrogen-bond donors (Lipinski definition) is 0. The number of nitrogens with zero attached hydrogens (tertiary/aromatic N) is 1. The lowest BCUT2D eigenvalue weighted by molar-refractivity contribution is 0.176. The van der Waals surface area contributed by atoms with Gasteiger partial charge in [-0.1, -0.05) is 19.1 Å². The molecule has 0 radical (unpaired) electrons. The Labute approximate surface area is 115 Å². The molecule has 106 valence electrons. The van der Waals surface area contributed by atoms with Gasteiger partial charge in [0.25, 0.3) is 0 Å². The van der Waals surface area contributed by atoms with Crippen LogP contribution in [0.15, 0.2) is 24.3 Å². The SMILES string of the molecule is CC1CCCN(CCCCOc2ccccc2F)C1. The molecule has 0 bridgehead atoms. The quantitative estimate of drug-likeness (QED) is 0.727. The van der Waals surface area contributed by atoms with Gasteiger partial charge in [-0.2, -0.15) is 0 Å². The van der Waals surface area contributed by atoms with Gasteiger partial charge in [-0.05, 0) is 56.8 Å². The normalized spacial score (nSPS) is 20.4. The summed E-state index contributed by atoms with van der Waals surface area (Å²) in [4.78, 5) is 2.54. The maximum absolute atomic E-state index is 13.3. The van der Waals surface area contributed by atoms with Gasteiger partial charge < -0.3 is 9.64 Å². The number of benzene rings is 1. The van der Waals surface area contributed by atoms with Gasteiger partial charge in [0.05, 0.1) is 6.61 Å². The van der Waals surface area contributed by atoms with Crippen LogP contribution in [0.5, 0.6) is 5.75 Å². The molecule has 1 heterocycles. The summed E-state index contributed by atoms with van der Waals surface area (Å²) in [5, 5.41) is 0. The first-order valence-electron chi connectivity index (χ1n) is 7.35. The molecule has 1 aromatic carbocycles. The summed E-state index contributed by atoms with van der Waals surface area (Å²) in [6, 6.07) is 6.60. The van der Waals surface area contributed by atoms with Gasteiger partial charge in [0.15, 0.2) is 11.6 Å². The molecule has 1 atom stereocenters. The van der Waals surface area contributed by atoms with Crippen LogP contribution in [-0.4, -0.2) is 31.1 Å². The first-order chi connectivity index (χ1) is 9.25. The van der Waals surface area contributed by atoms with Crippen LogP contribution in [0.4, 0.5) is 4.39 Å². The predicted octanol–water partition coefficient (Wildman–Crippen LogP) is 3.72. The Morgan fingerprint density at radius 2 is 2.16 bits per heavy atom. The summed E-state index contributed by atoms with van der Waals surface area (Å²) in [5.74, 6) is 0.935. The molecule has 19 heavy (non-hydrogen) atoms. The Balaban J connectivity index is 1.58. The van der Waals surface area contributed by atoms with E-state index in [-0.39, 0.29) is 5.82 Å². The van der Waals surface area contributed by atoms with E-state index in [1.54, 1.807) is 18.2 Å². The minimum absolute atomic E-state index is 0.271. The molecule has 0 N–H and O–H groups in total. The largest absolute Gasteiger partial charge is 0.491 e. The van der Waals surface area contributed by atoms with E-state index in [2.05, 4.69) is 11.8 Å². The van der Waals surface area contributed by atoms with E-state index in [9.17, 15) is 4.39 Å². The van der Waals surface area contributed by atoms with Crippen LogP contribution in [0.1, 0.15) is 32.6 Å². The van der Waals surface area contributed by atoms with Crippen molar-refractivity contribution in [2.24, 2.45) is 5.92 Å². The van der Waals surface area contributed by atoms with Crippen molar-refractivity contribution in [2.45, 2.75) is 32.6 Å². The van der Waals surface area contributed by atoms with Crippen LogP contribution in [0.25, 0.3) is 0 Å². The van der Waals surface area contributed by atoms with Crippen molar-refractivity contribution in [1.29, 1.82) is 0 Å². The molecule has 1 aromatic rings. The number of rotatable bonds is 6. The lowest BCUT2D eigenvalue weighted by Crippen LogP contribution is -2.35. The molecular formula is C16H24FNO. The highest BCUT2D eigenvalue weighted by Crippen LogP contribution is 2.17. The first kappa shape index (κ1) is 14.3. The van der Waals surface area contributed by atoms with Crippen LogP contribution < -0.4 is 4.74 Å². The average Bonchev–Trinajstić information content (AvgIpc) is 2.40. The lowest BCUT2D eigenvalue weighted by atomic mass is 10.0. The van der Waals surface area contributed by atoms with Crippen molar-refractivity contribution in [3.05, 3.63) is 30.1 Å². The maximum Gasteiger partial charge on any atom is 0.165 e. The fraction of sp³-hybridized carbons (Fsp3) is 0.625. The Kier molecular flexibility index (Phi) is 5.64. The smallest absolute Gasteiger partial charge is 0.165 e. The van der Waals surface area contributed by atoms with Crippen molar-refractivity contribution < 1.29 is 9.13 Å². The molecule has 0 aromatic heterocycles. The standard InChI is InChI=1S/C16H24FNO/c1-14-7-6-11-18(13-14)10-4-5-12-19-16-9-3-2-8-15(16)17/h2-3,8-9,14H,4-7,10-13H2,1H3. The summed E-state index contributed by atoms with van der Waals surface area (Å²) in [6.07, 6.45) is 4.81. The van der Waals surface area contributed by atoms with Crippen LogP contribution in [0, 0.1) is 11.7 Å². The molecule has 0 saturated carbocycles. The number of unbranched alkanes of at least 4 members (excludes halogenated alkanes) is 1. The average molecular weight is 265 g/mol. The zero-order valence-corrected chi connectivity index (χ0v) is 11.8. The second-order valence-corrected chi connectivity index (χ2v) is 5.53. The zero-order valence-electron chi connectivity index (χ0n) is 11.8. The molecule has 1 unspecified atom stereocenters. The van der Waals surface area contributed by atoms with Gasteiger partial charge in [-0.15, -0.1) is 0 Å². The molecule has 0 spiro atoms. The maximum atomic E-state index is 13.3. The Morgan fingerprint density at radius 3 is 2.95 bits per heavy atom. The van der Waals surface area contributed by atoms with Crippen LogP contribution in [-0.2, 0) is 0 Å². The highest BCUT2D eigenvalue weighted by molar-refractivity contribution is 5.23. The van der Waals surface area contributed by atoms with Crippen molar-refractivity contribution in [2.75, 3.05) is 26.2 Å². The van der Waals surface area contributed by atoms with Crippen molar-refractivity contribution in [1.82, 2.24) is 4.90 Å². The molecule has 1 saturated heterocycles. The van der Waals surface area contributed by atoms with Crippen molar-refractivity contribution >= 4 is 0 Å². The summed E-state index contributed by atoms with van der Waals surface area (Å²) >= 11 is 0. The molecule has 3 heteroatoms. The fourth-order valence-electron chi connectivity index (χ4n) is 2.67. The molecule has 0 amide bonds. The Hall–Kier alpha value is -1.09. The fourth-order valence-corrected chi connectivity index (χ4v) is 2.67. The summed E-state index contributed by atoms with van der Waals surface area (Å²) in [5.41, 5.74) is 0. The lowest BCUT2D eigenvalue weighted by Gasteiger charge is -2.30. The van der Waals surface area contributed by atoms with E-state index in [0.29, 0.717) is 12.4 Å². The van der Waals surface area contributed by atoms with E-state index in [0.717, 1.165) is 25.3 Å². The van der Waals surface area contributed by atoms with Gasteiger partial charge in [-0.25, -0.2) is 4.39 Å². The summed E-state index contributed by atoms with van der Waals surface area (Å²) < 4.78 is 18.8. The molecule has 1 fully saturated rings. The van der Waals surface area contributed by atoms with Gasteiger partial charge >= 0.3 is 0 Å². The number of halogens is 1. The van der Waals surface area contributed by atoms with E-state index < -0.39 is 0 Å². The van der Waals surface area contributed by atoms with Crippen LogP contribution in [0.2, 0.25) is 0 Å². The molecule has 2 nitrogen and oxygen atoms in total. The zero-order chi connectivity index (χ0) is 13.5. The topological polar surface area (TPSA) is 12.5 Å². The third-order valence-corrected chi connectivity index (χ3v) is 3.70. The third-order valence-electron chi connectivity index (χ3n) is 3.70. The Morgan fingerprint density at radius 1 is 1.32 bits per heavy atom. The molecule has 0 aliphatic carbocycles. The second kappa shape index (κ2) is 7.49. The number of likely N-dealkylation sites (tertiary alicyclic amines) is 1. The molecule has 1 aliphatic heterocycles. The molecule has 1 aliphatic rings. The van der Waals surface area contributed by atoms with E-state index in [1.807, 2.05) is 0 Å². The second-order valence-electron chi connectivity index (χ2n) is 5.53.